The van der Waals surface area contributed by atoms with Gasteiger partial charge in [0.25, 0.3) is 0 Å². The second-order valence-corrected chi connectivity index (χ2v) is 6.51. The molecular formula is C17H20N4O2S. The molecule has 0 radical (unpaired) electrons. The van der Waals surface area contributed by atoms with E-state index in [9.17, 15) is 4.79 Å². The fourth-order valence-electron chi connectivity index (χ4n) is 2.67. The van der Waals surface area contributed by atoms with Crippen molar-refractivity contribution in [2.24, 2.45) is 0 Å². The highest BCUT2D eigenvalue weighted by molar-refractivity contribution is 8.00. The van der Waals surface area contributed by atoms with Gasteiger partial charge in [0.2, 0.25) is 0 Å². The highest BCUT2D eigenvalue weighted by Gasteiger charge is 2.23. The first kappa shape index (κ1) is 16.6. The standard InChI is InChI=1S/C17H20N4O2S/c1-4-14(16(22)23-3)24-17-20-19-15(21(17)5-2)12-10-18-13-9-7-6-8-11(12)13/h6-10,14,18H,4-5H2,1-3H3/t14-/m1/s1. The monoisotopic (exact) mass is 344 g/mol. The predicted molar refractivity (Wildman–Crippen MR) is 94.9 cm³/mol. The number of carbonyl (C=O) groups is 1. The number of aromatic nitrogens is 4. The number of hydrogen-bond acceptors (Lipinski definition) is 5. The molecule has 6 nitrogen and oxygen atoms in total. The summed E-state index contributed by atoms with van der Waals surface area (Å²) in [5, 5.41) is 10.2. The fourth-order valence-corrected chi connectivity index (χ4v) is 3.72. The second-order valence-electron chi connectivity index (χ2n) is 5.34. The van der Waals surface area contributed by atoms with Crippen molar-refractivity contribution in [3.8, 4) is 11.4 Å². The number of carbonyl (C=O) groups excluding carboxylic acids is 1. The fraction of sp³-hybridized carbons (Fsp3) is 0.353. The van der Waals surface area contributed by atoms with E-state index in [4.69, 9.17) is 4.74 Å². The van der Waals surface area contributed by atoms with Crippen molar-refractivity contribution < 1.29 is 9.53 Å². The number of esters is 1. The molecule has 7 heteroatoms. The van der Waals surface area contributed by atoms with E-state index in [1.165, 1.54) is 18.9 Å². The first-order valence-corrected chi connectivity index (χ1v) is 8.81. The molecule has 3 aromatic rings. The largest absolute Gasteiger partial charge is 0.468 e. The highest BCUT2D eigenvalue weighted by Crippen LogP contribution is 2.32. The quantitative estimate of drug-likeness (QED) is 0.547. The number of aromatic amines is 1. The first-order chi connectivity index (χ1) is 11.7. The van der Waals surface area contributed by atoms with Crippen LogP contribution in [-0.2, 0) is 16.1 Å². The van der Waals surface area contributed by atoms with Crippen molar-refractivity contribution in [2.45, 2.75) is 37.2 Å². The Kier molecular flexibility index (Phi) is 4.89. The van der Waals surface area contributed by atoms with Crippen molar-refractivity contribution in [3.63, 3.8) is 0 Å². The minimum atomic E-state index is -0.277. The minimum Gasteiger partial charge on any atom is -0.468 e. The van der Waals surface area contributed by atoms with Gasteiger partial charge in [0.05, 0.1) is 7.11 Å². The van der Waals surface area contributed by atoms with Gasteiger partial charge in [-0.3, -0.25) is 4.79 Å². The van der Waals surface area contributed by atoms with Crippen molar-refractivity contribution in [3.05, 3.63) is 30.5 Å². The summed E-state index contributed by atoms with van der Waals surface area (Å²) < 4.78 is 6.90. The molecule has 1 aromatic carbocycles. The Bertz CT molecular complexity index is 855. The maximum absolute atomic E-state index is 11.9. The van der Waals surface area contributed by atoms with E-state index >= 15 is 0 Å². The van der Waals surface area contributed by atoms with Crippen LogP contribution < -0.4 is 0 Å². The lowest BCUT2D eigenvalue weighted by molar-refractivity contribution is -0.140. The lowest BCUT2D eigenvalue weighted by Gasteiger charge is -2.12. The van der Waals surface area contributed by atoms with Crippen molar-refractivity contribution in [1.29, 1.82) is 0 Å². The van der Waals surface area contributed by atoms with Gasteiger partial charge in [-0.1, -0.05) is 36.9 Å². The molecule has 126 valence electrons. The molecule has 0 saturated carbocycles. The second kappa shape index (κ2) is 7.09. The van der Waals surface area contributed by atoms with Crippen LogP contribution in [0.15, 0.2) is 35.6 Å². The van der Waals surface area contributed by atoms with Gasteiger partial charge in [0, 0.05) is 29.2 Å². The lowest BCUT2D eigenvalue weighted by atomic mass is 10.1. The molecule has 0 fully saturated rings. The number of benzene rings is 1. The number of para-hydroxylation sites is 1. The number of methoxy groups -OCH3 is 1. The molecule has 24 heavy (non-hydrogen) atoms. The Labute approximate surface area is 144 Å². The molecule has 0 saturated heterocycles. The Morgan fingerprint density at radius 3 is 2.83 bits per heavy atom. The summed E-state index contributed by atoms with van der Waals surface area (Å²) in [4.78, 5) is 15.1. The minimum absolute atomic E-state index is 0.234. The van der Waals surface area contributed by atoms with Crippen LogP contribution in [-0.4, -0.2) is 38.1 Å². The Morgan fingerprint density at radius 1 is 1.33 bits per heavy atom. The number of ether oxygens (including phenoxy) is 1. The van der Waals surface area contributed by atoms with Crippen LogP contribution in [0.2, 0.25) is 0 Å². The SMILES string of the molecule is CC[C@@H](Sc1nnc(-c2c[nH]c3ccccc23)n1CC)C(=O)OC. The van der Waals surface area contributed by atoms with Gasteiger partial charge in [-0.2, -0.15) is 0 Å². The molecule has 1 atom stereocenters. The van der Waals surface area contributed by atoms with Crippen LogP contribution >= 0.6 is 11.8 Å². The Balaban J connectivity index is 1.99. The van der Waals surface area contributed by atoms with Crippen LogP contribution in [0.4, 0.5) is 0 Å². The third kappa shape index (κ3) is 2.91. The summed E-state index contributed by atoms with van der Waals surface area (Å²) >= 11 is 1.40. The molecule has 1 N–H and O–H groups in total. The van der Waals surface area contributed by atoms with E-state index in [2.05, 4.69) is 21.2 Å². The van der Waals surface area contributed by atoms with Crippen LogP contribution in [0.3, 0.4) is 0 Å². The van der Waals surface area contributed by atoms with E-state index in [0.717, 1.165) is 34.0 Å². The average Bonchev–Trinajstić information content (AvgIpc) is 3.22. The van der Waals surface area contributed by atoms with E-state index in [1.54, 1.807) is 0 Å². The van der Waals surface area contributed by atoms with Crippen molar-refractivity contribution in [1.82, 2.24) is 19.7 Å². The molecular weight excluding hydrogens is 324 g/mol. The zero-order valence-corrected chi connectivity index (χ0v) is 14.8. The number of hydrogen-bond donors (Lipinski definition) is 1. The summed E-state index contributed by atoms with van der Waals surface area (Å²) in [6.45, 7) is 4.73. The van der Waals surface area contributed by atoms with Gasteiger partial charge in [-0.25, -0.2) is 0 Å². The first-order valence-electron chi connectivity index (χ1n) is 7.93. The molecule has 2 aromatic heterocycles. The zero-order chi connectivity index (χ0) is 17.1. The number of thioether (sulfide) groups is 1. The van der Waals surface area contributed by atoms with Gasteiger partial charge in [0.1, 0.15) is 5.25 Å². The third-order valence-corrected chi connectivity index (χ3v) is 5.27. The molecule has 0 spiro atoms. The summed E-state index contributed by atoms with van der Waals surface area (Å²) in [6.07, 6.45) is 2.63. The topological polar surface area (TPSA) is 72.8 Å². The Morgan fingerprint density at radius 2 is 2.12 bits per heavy atom. The number of H-pyrrole nitrogens is 1. The molecule has 2 heterocycles. The summed E-state index contributed by atoms with van der Waals surface area (Å²) in [5.41, 5.74) is 2.08. The van der Waals surface area contributed by atoms with Gasteiger partial charge in [-0.15, -0.1) is 10.2 Å². The molecule has 0 aliphatic rings. The normalized spacial score (nSPS) is 12.5. The number of rotatable bonds is 6. The summed E-state index contributed by atoms with van der Waals surface area (Å²) in [7, 11) is 1.41. The molecule has 0 amide bonds. The van der Waals surface area contributed by atoms with Crippen molar-refractivity contribution >= 4 is 28.6 Å². The zero-order valence-electron chi connectivity index (χ0n) is 13.9. The maximum atomic E-state index is 11.9. The van der Waals surface area contributed by atoms with Gasteiger partial charge in [0.15, 0.2) is 11.0 Å². The highest BCUT2D eigenvalue weighted by atomic mass is 32.2. The van der Waals surface area contributed by atoms with E-state index in [1.807, 2.05) is 42.8 Å². The van der Waals surface area contributed by atoms with Gasteiger partial charge < -0.3 is 14.3 Å². The molecule has 0 aliphatic carbocycles. The molecule has 3 rings (SSSR count). The van der Waals surface area contributed by atoms with Crippen LogP contribution in [0, 0.1) is 0 Å². The van der Waals surface area contributed by atoms with Gasteiger partial charge in [-0.05, 0) is 19.4 Å². The maximum Gasteiger partial charge on any atom is 0.319 e. The summed E-state index contributed by atoms with van der Waals surface area (Å²) in [6, 6.07) is 8.10. The predicted octanol–water partition coefficient (Wildman–Crippen LogP) is 3.49. The van der Waals surface area contributed by atoms with Crippen LogP contribution in [0.25, 0.3) is 22.3 Å². The number of nitrogens with one attached hydrogen (secondary N) is 1. The molecule has 0 aliphatic heterocycles. The van der Waals surface area contributed by atoms with E-state index in [0.29, 0.717) is 6.42 Å². The van der Waals surface area contributed by atoms with E-state index in [-0.39, 0.29) is 11.2 Å². The number of nitrogens with zero attached hydrogens (tertiary/aromatic N) is 3. The van der Waals surface area contributed by atoms with Crippen LogP contribution in [0.5, 0.6) is 0 Å². The summed E-state index contributed by atoms with van der Waals surface area (Å²) in [5.74, 6) is 0.568. The Hall–Kier alpha value is -2.28. The number of fused-ring (bicyclic) bond motifs is 1. The van der Waals surface area contributed by atoms with Gasteiger partial charge >= 0.3 is 5.97 Å². The van der Waals surface area contributed by atoms with Crippen molar-refractivity contribution in [2.75, 3.05) is 7.11 Å². The lowest BCUT2D eigenvalue weighted by Crippen LogP contribution is -2.18. The smallest absolute Gasteiger partial charge is 0.319 e. The van der Waals surface area contributed by atoms with E-state index < -0.39 is 0 Å². The molecule has 0 bridgehead atoms. The molecule has 0 unspecified atom stereocenters. The third-order valence-electron chi connectivity index (χ3n) is 3.95. The average molecular weight is 344 g/mol. The van der Waals surface area contributed by atoms with Crippen LogP contribution in [0.1, 0.15) is 20.3 Å².